The van der Waals surface area contributed by atoms with E-state index in [1.807, 2.05) is 51.4 Å². The van der Waals surface area contributed by atoms with Crippen molar-refractivity contribution < 1.29 is 13.9 Å². The van der Waals surface area contributed by atoms with Gasteiger partial charge in [0.15, 0.2) is 0 Å². The fraction of sp³-hybridized carbons (Fsp3) is 0.240. The van der Waals surface area contributed by atoms with E-state index in [2.05, 4.69) is 14.9 Å². The molecule has 0 radical (unpaired) electrons. The number of hydrazone groups is 1. The van der Waals surface area contributed by atoms with Gasteiger partial charge in [0.05, 0.1) is 18.4 Å². The Morgan fingerprint density at radius 2 is 1.85 bits per heavy atom. The fourth-order valence-electron chi connectivity index (χ4n) is 3.65. The molecule has 1 unspecified atom stereocenters. The molecule has 3 aromatic rings. The molecule has 0 bridgehead atoms. The topological polar surface area (TPSA) is 62.6 Å². The highest BCUT2D eigenvalue weighted by atomic mass is 19.1. The van der Waals surface area contributed by atoms with Crippen LogP contribution in [0.2, 0.25) is 0 Å². The number of para-hydroxylation sites is 1. The summed E-state index contributed by atoms with van der Waals surface area (Å²) in [6.45, 7) is 2.55. The van der Waals surface area contributed by atoms with Crippen LogP contribution in [-0.2, 0) is 11.3 Å². The minimum absolute atomic E-state index is 0.311. The smallest absolute Gasteiger partial charge is 0.241 e. The van der Waals surface area contributed by atoms with Crippen molar-refractivity contribution in [2.45, 2.75) is 19.7 Å². The van der Waals surface area contributed by atoms with Crippen molar-refractivity contribution in [1.82, 2.24) is 14.9 Å². The Kier molecular flexibility index (Phi) is 6.65. The molecule has 0 aliphatic carbocycles. The summed E-state index contributed by atoms with van der Waals surface area (Å²) < 4.78 is 25.5. The normalized spacial score (nSPS) is 16.1. The third kappa shape index (κ3) is 5.01. The summed E-state index contributed by atoms with van der Waals surface area (Å²) in [7, 11) is 5.67. The molecule has 33 heavy (non-hydrogen) atoms. The first-order valence-electron chi connectivity index (χ1n) is 10.5. The minimum atomic E-state index is -0.588. The van der Waals surface area contributed by atoms with Gasteiger partial charge in [-0.15, -0.1) is 5.10 Å². The van der Waals surface area contributed by atoms with Gasteiger partial charge in [-0.05, 0) is 63.5 Å². The Labute approximate surface area is 192 Å². The molecular formula is C25H26FN5O2. The number of amidine groups is 1. The van der Waals surface area contributed by atoms with E-state index in [9.17, 15) is 4.39 Å². The van der Waals surface area contributed by atoms with Crippen molar-refractivity contribution in [2.24, 2.45) is 10.1 Å². The first-order chi connectivity index (χ1) is 16.0. The molecule has 0 fully saturated rings. The number of methoxy groups -OCH3 is 1. The van der Waals surface area contributed by atoms with Gasteiger partial charge in [-0.2, -0.15) is 0 Å². The molecule has 8 heteroatoms. The van der Waals surface area contributed by atoms with Gasteiger partial charge in [0.25, 0.3) is 0 Å². The lowest BCUT2D eigenvalue weighted by molar-refractivity contribution is 0.107. The largest absolute Gasteiger partial charge is 0.496 e. The molecule has 1 atom stereocenters. The summed E-state index contributed by atoms with van der Waals surface area (Å²) in [5.74, 6) is 1.48. The number of aromatic nitrogens is 1. The van der Waals surface area contributed by atoms with Crippen LogP contribution < -0.4 is 4.74 Å². The molecule has 2 heterocycles. The predicted octanol–water partition coefficient (Wildman–Crippen LogP) is 4.73. The van der Waals surface area contributed by atoms with E-state index in [-0.39, 0.29) is 5.82 Å². The number of rotatable bonds is 6. The first-order valence-corrected chi connectivity index (χ1v) is 10.5. The molecule has 1 aliphatic rings. The van der Waals surface area contributed by atoms with Crippen LogP contribution in [0.25, 0.3) is 0 Å². The number of hydrogen-bond donors (Lipinski definition) is 0. The number of ether oxygens (including phenoxy) is 2. The summed E-state index contributed by atoms with van der Waals surface area (Å²) in [6.07, 6.45) is 2.79. The second kappa shape index (κ2) is 9.79. The van der Waals surface area contributed by atoms with Crippen LogP contribution in [0.3, 0.4) is 0 Å². The van der Waals surface area contributed by atoms with E-state index in [4.69, 9.17) is 14.6 Å². The van der Waals surface area contributed by atoms with Gasteiger partial charge in [-0.3, -0.25) is 4.98 Å². The van der Waals surface area contributed by atoms with Crippen LogP contribution in [0.5, 0.6) is 5.75 Å². The molecule has 0 saturated heterocycles. The van der Waals surface area contributed by atoms with Crippen LogP contribution in [0.15, 0.2) is 77.1 Å². The maximum Gasteiger partial charge on any atom is 0.241 e. The van der Waals surface area contributed by atoms with E-state index in [1.165, 1.54) is 12.1 Å². The van der Waals surface area contributed by atoms with Gasteiger partial charge in [-0.25, -0.2) is 14.4 Å². The van der Waals surface area contributed by atoms with E-state index in [0.29, 0.717) is 24.0 Å². The van der Waals surface area contributed by atoms with Crippen LogP contribution in [0.4, 0.5) is 10.1 Å². The third-order valence-electron chi connectivity index (χ3n) is 5.10. The highest BCUT2D eigenvalue weighted by Gasteiger charge is 2.35. The second-order valence-electron chi connectivity index (χ2n) is 7.87. The zero-order chi connectivity index (χ0) is 23.4. The van der Waals surface area contributed by atoms with Crippen molar-refractivity contribution in [3.05, 3.63) is 89.5 Å². The van der Waals surface area contributed by atoms with Crippen molar-refractivity contribution in [3.8, 4) is 5.75 Å². The zero-order valence-electron chi connectivity index (χ0n) is 19.1. The fourth-order valence-corrected chi connectivity index (χ4v) is 3.65. The molecule has 0 amide bonds. The first kappa shape index (κ1) is 22.4. The van der Waals surface area contributed by atoms with Crippen molar-refractivity contribution in [1.29, 1.82) is 0 Å². The van der Waals surface area contributed by atoms with E-state index < -0.39 is 6.23 Å². The number of benzene rings is 2. The Hall–Kier alpha value is -3.78. The van der Waals surface area contributed by atoms with Gasteiger partial charge >= 0.3 is 0 Å². The van der Waals surface area contributed by atoms with Gasteiger partial charge in [0.2, 0.25) is 12.1 Å². The molecule has 1 aliphatic heterocycles. The number of nitrogens with zero attached hydrogens (tertiary/aromatic N) is 5. The Bertz CT molecular complexity index is 1160. The molecule has 7 nitrogen and oxygen atoms in total. The minimum Gasteiger partial charge on any atom is -0.496 e. The maximum atomic E-state index is 13.3. The SMILES string of the molecule is COc1c(CN(C)C)cccc1C1OC(c2ccncc2)=NN1C(C)=Nc1ccc(F)cc1. The van der Waals surface area contributed by atoms with E-state index in [0.717, 1.165) is 22.4 Å². The monoisotopic (exact) mass is 447 g/mol. The Balaban J connectivity index is 1.77. The summed E-state index contributed by atoms with van der Waals surface area (Å²) in [4.78, 5) is 10.8. The predicted molar refractivity (Wildman–Crippen MR) is 126 cm³/mol. The summed E-state index contributed by atoms with van der Waals surface area (Å²) in [5, 5.41) is 6.44. The lowest BCUT2D eigenvalue weighted by Crippen LogP contribution is -2.26. The lowest BCUT2D eigenvalue weighted by atomic mass is 10.1. The molecule has 0 spiro atoms. The summed E-state index contributed by atoms with van der Waals surface area (Å²) in [5.41, 5.74) is 3.29. The molecular weight excluding hydrogens is 421 g/mol. The van der Waals surface area contributed by atoms with Crippen molar-refractivity contribution >= 4 is 17.4 Å². The third-order valence-corrected chi connectivity index (χ3v) is 5.10. The van der Waals surface area contributed by atoms with E-state index in [1.54, 1.807) is 36.6 Å². The molecule has 170 valence electrons. The Morgan fingerprint density at radius 1 is 1.12 bits per heavy atom. The standard InChI is InChI=1S/C25H26FN5O2/c1-17(28-21-10-8-20(26)9-11-21)31-25(33-24(29-31)18-12-14-27-15-13-18)22-7-5-6-19(16-30(2)3)23(22)32-4/h5-15,25H,16H2,1-4H3. The lowest BCUT2D eigenvalue weighted by Gasteiger charge is -2.25. The average Bonchev–Trinajstić information content (AvgIpc) is 3.26. The average molecular weight is 448 g/mol. The highest BCUT2D eigenvalue weighted by molar-refractivity contribution is 5.97. The number of aliphatic imine (C=N–C) groups is 1. The quantitative estimate of drug-likeness (QED) is 0.404. The van der Waals surface area contributed by atoms with Crippen LogP contribution >= 0.6 is 0 Å². The molecule has 2 aromatic carbocycles. The number of halogens is 1. The molecule has 0 N–H and O–H groups in total. The van der Waals surface area contributed by atoms with Gasteiger partial charge in [0.1, 0.15) is 17.4 Å². The number of hydrogen-bond acceptors (Lipinski definition) is 6. The Morgan fingerprint density at radius 3 is 2.52 bits per heavy atom. The summed E-state index contributed by atoms with van der Waals surface area (Å²) >= 11 is 0. The van der Waals surface area contributed by atoms with Gasteiger partial charge in [-0.1, -0.05) is 12.1 Å². The van der Waals surface area contributed by atoms with Crippen molar-refractivity contribution in [3.63, 3.8) is 0 Å². The molecule has 1 aromatic heterocycles. The van der Waals surface area contributed by atoms with Crippen LogP contribution in [-0.4, -0.2) is 47.8 Å². The summed E-state index contributed by atoms with van der Waals surface area (Å²) in [6, 6.07) is 15.7. The van der Waals surface area contributed by atoms with Crippen LogP contribution in [0.1, 0.15) is 29.8 Å². The highest BCUT2D eigenvalue weighted by Crippen LogP contribution is 2.38. The van der Waals surface area contributed by atoms with Crippen molar-refractivity contribution in [2.75, 3.05) is 21.2 Å². The zero-order valence-corrected chi connectivity index (χ0v) is 19.1. The van der Waals surface area contributed by atoms with E-state index >= 15 is 0 Å². The van der Waals surface area contributed by atoms with Gasteiger partial charge in [0, 0.05) is 30.1 Å². The number of pyridine rings is 1. The second-order valence-corrected chi connectivity index (χ2v) is 7.87. The maximum absolute atomic E-state index is 13.3. The molecule has 4 rings (SSSR count). The van der Waals surface area contributed by atoms with Gasteiger partial charge < -0.3 is 14.4 Å². The van der Waals surface area contributed by atoms with Crippen LogP contribution in [0, 0.1) is 5.82 Å². The molecule has 0 saturated carbocycles.